The van der Waals surface area contributed by atoms with Gasteiger partial charge in [-0.15, -0.1) is 0 Å². The second-order valence-electron chi connectivity index (χ2n) is 6.55. The number of nitro groups is 1. The van der Waals surface area contributed by atoms with Gasteiger partial charge in [-0.25, -0.2) is 0 Å². The number of non-ortho nitro benzene ring substituents is 1. The number of fused-ring (bicyclic) bond motifs is 1. The minimum absolute atomic E-state index is 0.00927. The van der Waals surface area contributed by atoms with Crippen molar-refractivity contribution in [2.75, 3.05) is 32.5 Å². The molecule has 2 aromatic carbocycles. The van der Waals surface area contributed by atoms with Gasteiger partial charge < -0.3 is 15.5 Å². The highest BCUT2D eigenvalue weighted by atomic mass is 16.6. The third-order valence-corrected chi connectivity index (χ3v) is 4.21. The molecule has 8 heteroatoms. The van der Waals surface area contributed by atoms with Crippen LogP contribution in [0.25, 0.3) is 10.9 Å². The number of rotatable bonds is 7. The number of likely N-dealkylation sites (N-methyl/N-ethyl adjacent to an activating group) is 1. The first-order chi connectivity index (χ1) is 13.5. The maximum atomic E-state index is 12.2. The summed E-state index contributed by atoms with van der Waals surface area (Å²) in [5, 5.41) is 17.9. The van der Waals surface area contributed by atoms with Crippen molar-refractivity contribution in [1.82, 2.24) is 15.2 Å². The number of anilines is 2. The summed E-state index contributed by atoms with van der Waals surface area (Å²) in [6.07, 6.45) is 1.60. The summed E-state index contributed by atoms with van der Waals surface area (Å²) in [6.45, 7) is 1.33. The Bertz CT molecular complexity index is 997. The number of aromatic nitrogens is 1. The van der Waals surface area contributed by atoms with Crippen LogP contribution in [0.5, 0.6) is 0 Å². The lowest BCUT2D eigenvalue weighted by atomic mass is 10.1. The van der Waals surface area contributed by atoms with E-state index in [0.29, 0.717) is 28.7 Å². The average molecular weight is 379 g/mol. The number of nitrogens with zero attached hydrogens (tertiary/aromatic N) is 3. The Morgan fingerprint density at radius 3 is 2.57 bits per heavy atom. The fourth-order valence-electron chi connectivity index (χ4n) is 2.80. The maximum Gasteiger partial charge on any atom is 0.280 e. The number of nitro benzene ring substituents is 1. The minimum atomic E-state index is -0.420. The van der Waals surface area contributed by atoms with Crippen molar-refractivity contribution in [3.63, 3.8) is 0 Å². The highest BCUT2D eigenvalue weighted by Crippen LogP contribution is 2.32. The predicted octanol–water partition coefficient (Wildman–Crippen LogP) is 3.18. The molecule has 0 atom stereocenters. The molecule has 0 aliphatic rings. The number of hydrogen-bond acceptors (Lipinski definition) is 6. The summed E-state index contributed by atoms with van der Waals surface area (Å²) in [5.41, 5.74) is 2.38. The Kier molecular flexibility index (Phi) is 5.81. The van der Waals surface area contributed by atoms with E-state index in [4.69, 9.17) is 0 Å². The number of nitrogens with one attached hydrogen (secondary N) is 2. The summed E-state index contributed by atoms with van der Waals surface area (Å²) >= 11 is 0. The maximum absolute atomic E-state index is 12.2. The molecule has 1 aromatic heterocycles. The molecule has 0 saturated carbocycles. The molecule has 28 heavy (non-hydrogen) atoms. The van der Waals surface area contributed by atoms with Crippen LogP contribution in [-0.4, -0.2) is 47.9 Å². The highest BCUT2D eigenvalue weighted by Gasteiger charge is 2.16. The Morgan fingerprint density at radius 1 is 1.14 bits per heavy atom. The SMILES string of the molecule is CN(C)CCNC(=O)c1ccc(Nc2ccnc3cccc([N+](=O)[O-])c23)cc1. The zero-order valence-corrected chi connectivity index (χ0v) is 15.7. The fraction of sp³-hybridized carbons (Fsp3) is 0.200. The van der Waals surface area contributed by atoms with Gasteiger partial charge in [0, 0.05) is 36.6 Å². The minimum Gasteiger partial charge on any atom is -0.355 e. The van der Waals surface area contributed by atoms with Crippen LogP contribution in [-0.2, 0) is 0 Å². The summed E-state index contributed by atoms with van der Waals surface area (Å²) in [5.74, 6) is -0.140. The van der Waals surface area contributed by atoms with Gasteiger partial charge in [-0.2, -0.15) is 0 Å². The van der Waals surface area contributed by atoms with Gasteiger partial charge in [0.2, 0.25) is 0 Å². The largest absolute Gasteiger partial charge is 0.355 e. The molecular formula is C20H21N5O3. The second-order valence-corrected chi connectivity index (χ2v) is 6.55. The van der Waals surface area contributed by atoms with Crippen LogP contribution in [0.4, 0.5) is 17.1 Å². The first-order valence-electron chi connectivity index (χ1n) is 8.78. The molecule has 144 valence electrons. The van der Waals surface area contributed by atoms with E-state index in [-0.39, 0.29) is 11.6 Å². The molecule has 0 saturated heterocycles. The number of carbonyl (C=O) groups excluding carboxylic acids is 1. The molecule has 0 spiro atoms. The van der Waals surface area contributed by atoms with Gasteiger partial charge in [-0.05, 0) is 50.5 Å². The third-order valence-electron chi connectivity index (χ3n) is 4.21. The first kappa shape index (κ1) is 19.2. The van der Waals surface area contributed by atoms with E-state index in [9.17, 15) is 14.9 Å². The fourth-order valence-corrected chi connectivity index (χ4v) is 2.80. The van der Waals surface area contributed by atoms with Crippen molar-refractivity contribution in [1.29, 1.82) is 0 Å². The van der Waals surface area contributed by atoms with E-state index in [1.165, 1.54) is 6.07 Å². The van der Waals surface area contributed by atoms with Crippen LogP contribution in [0.2, 0.25) is 0 Å². The molecule has 8 nitrogen and oxygen atoms in total. The van der Waals surface area contributed by atoms with E-state index in [2.05, 4.69) is 15.6 Å². The molecule has 1 heterocycles. The van der Waals surface area contributed by atoms with E-state index in [0.717, 1.165) is 12.2 Å². The van der Waals surface area contributed by atoms with E-state index >= 15 is 0 Å². The smallest absolute Gasteiger partial charge is 0.280 e. The molecule has 0 bridgehead atoms. The summed E-state index contributed by atoms with van der Waals surface area (Å²) < 4.78 is 0. The van der Waals surface area contributed by atoms with Crippen LogP contribution in [0, 0.1) is 10.1 Å². The Hall–Kier alpha value is -3.52. The summed E-state index contributed by atoms with van der Waals surface area (Å²) in [7, 11) is 3.89. The predicted molar refractivity (Wildman–Crippen MR) is 109 cm³/mol. The number of amides is 1. The monoisotopic (exact) mass is 379 g/mol. The quantitative estimate of drug-likeness (QED) is 0.483. The lowest BCUT2D eigenvalue weighted by Crippen LogP contribution is -2.31. The number of carbonyl (C=O) groups is 1. The molecule has 0 fully saturated rings. The van der Waals surface area contributed by atoms with Gasteiger partial charge in [0.15, 0.2) is 0 Å². The molecule has 1 amide bonds. The standard InChI is InChI=1S/C20H21N5O3/c1-24(2)13-12-22-20(26)14-6-8-15(9-7-14)23-17-10-11-21-16-4-3-5-18(19(16)17)25(27)28/h3-11H,12-13H2,1-2H3,(H,21,23)(H,22,26). The van der Waals surface area contributed by atoms with Crippen molar-refractivity contribution in [3.05, 3.63) is 70.4 Å². The third kappa shape index (κ3) is 4.41. The zero-order valence-electron chi connectivity index (χ0n) is 15.7. The highest BCUT2D eigenvalue weighted by molar-refractivity contribution is 6.00. The Balaban J connectivity index is 1.79. The molecule has 0 aliphatic heterocycles. The van der Waals surface area contributed by atoms with Gasteiger partial charge in [0.1, 0.15) is 5.39 Å². The molecular weight excluding hydrogens is 358 g/mol. The normalized spacial score (nSPS) is 10.8. The van der Waals surface area contributed by atoms with Crippen molar-refractivity contribution < 1.29 is 9.72 Å². The van der Waals surface area contributed by atoms with Gasteiger partial charge in [-0.3, -0.25) is 19.9 Å². The van der Waals surface area contributed by atoms with Crippen LogP contribution in [0.1, 0.15) is 10.4 Å². The second kappa shape index (κ2) is 8.45. The van der Waals surface area contributed by atoms with Crippen LogP contribution in [0.15, 0.2) is 54.7 Å². The molecule has 3 aromatic rings. The van der Waals surface area contributed by atoms with Gasteiger partial charge in [0.05, 0.1) is 16.1 Å². The number of pyridine rings is 1. The molecule has 0 radical (unpaired) electrons. The molecule has 0 unspecified atom stereocenters. The van der Waals surface area contributed by atoms with E-state index in [1.807, 2.05) is 19.0 Å². The Morgan fingerprint density at radius 2 is 1.89 bits per heavy atom. The van der Waals surface area contributed by atoms with Gasteiger partial charge in [-0.1, -0.05) is 6.07 Å². The zero-order chi connectivity index (χ0) is 20.1. The van der Waals surface area contributed by atoms with Gasteiger partial charge >= 0.3 is 0 Å². The van der Waals surface area contributed by atoms with E-state index < -0.39 is 4.92 Å². The molecule has 2 N–H and O–H groups in total. The summed E-state index contributed by atoms with van der Waals surface area (Å²) in [6, 6.07) is 13.4. The van der Waals surface area contributed by atoms with Crippen LogP contribution in [0.3, 0.4) is 0 Å². The van der Waals surface area contributed by atoms with Crippen molar-refractivity contribution >= 4 is 33.9 Å². The number of hydrogen-bond donors (Lipinski definition) is 2. The van der Waals surface area contributed by atoms with Crippen molar-refractivity contribution in [2.24, 2.45) is 0 Å². The lowest BCUT2D eigenvalue weighted by molar-refractivity contribution is -0.383. The topological polar surface area (TPSA) is 100 Å². The first-order valence-corrected chi connectivity index (χ1v) is 8.78. The van der Waals surface area contributed by atoms with Crippen molar-refractivity contribution in [2.45, 2.75) is 0 Å². The van der Waals surface area contributed by atoms with Gasteiger partial charge in [0.25, 0.3) is 11.6 Å². The lowest BCUT2D eigenvalue weighted by Gasteiger charge is -2.12. The average Bonchev–Trinajstić information content (AvgIpc) is 2.68. The van der Waals surface area contributed by atoms with Crippen molar-refractivity contribution in [3.8, 4) is 0 Å². The van der Waals surface area contributed by atoms with Crippen LogP contribution >= 0.6 is 0 Å². The van der Waals surface area contributed by atoms with Crippen LogP contribution < -0.4 is 10.6 Å². The Labute approximate surface area is 162 Å². The summed E-state index contributed by atoms with van der Waals surface area (Å²) in [4.78, 5) is 29.3. The molecule has 0 aliphatic carbocycles. The van der Waals surface area contributed by atoms with E-state index in [1.54, 1.807) is 48.7 Å². The number of benzene rings is 2. The molecule has 3 rings (SSSR count).